The second kappa shape index (κ2) is 9.32. The Morgan fingerprint density at radius 3 is 2.33 bits per heavy atom. The van der Waals surface area contributed by atoms with Crippen LogP contribution in [-0.2, 0) is 10.0 Å². The van der Waals surface area contributed by atoms with Crippen LogP contribution >= 0.6 is 0 Å². The van der Waals surface area contributed by atoms with Crippen molar-refractivity contribution in [2.75, 3.05) is 43.5 Å². The van der Waals surface area contributed by atoms with Crippen molar-refractivity contribution < 1.29 is 13.2 Å². The average Bonchev–Trinajstić information content (AvgIpc) is 2.81. The summed E-state index contributed by atoms with van der Waals surface area (Å²) < 4.78 is 33.5. The van der Waals surface area contributed by atoms with Gasteiger partial charge in [0.1, 0.15) is 29.5 Å². The van der Waals surface area contributed by atoms with Gasteiger partial charge in [0.05, 0.1) is 12.0 Å². The topological polar surface area (TPSA) is 101 Å². The zero-order chi connectivity index (χ0) is 23.6. The zero-order valence-corrected chi connectivity index (χ0v) is 20.1. The van der Waals surface area contributed by atoms with Crippen LogP contribution in [0.25, 0.3) is 0 Å². The van der Waals surface area contributed by atoms with Crippen molar-refractivity contribution in [2.45, 2.75) is 25.7 Å². The number of aromatic nitrogens is 3. The number of aryl methyl sites for hydroxylation is 1. The number of anilines is 3. The van der Waals surface area contributed by atoms with E-state index in [1.807, 2.05) is 39.0 Å². The number of sulfonamides is 1. The normalized spacial score (nSPS) is 14.8. The fraction of sp³-hybridized carbons (Fsp3) is 0.348. The van der Waals surface area contributed by atoms with Crippen LogP contribution in [0, 0.1) is 20.8 Å². The molecule has 1 aromatic carbocycles. The van der Waals surface area contributed by atoms with Gasteiger partial charge in [-0.15, -0.1) is 0 Å². The quantitative estimate of drug-likeness (QED) is 0.589. The van der Waals surface area contributed by atoms with Crippen molar-refractivity contribution in [1.29, 1.82) is 0 Å². The largest absolute Gasteiger partial charge is 0.496 e. The van der Waals surface area contributed by atoms with Crippen LogP contribution < -0.4 is 15.0 Å². The number of rotatable bonds is 6. The molecule has 1 aliphatic rings. The fourth-order valence-corrected chi connectivity index (χ4v) is 5.59. The Labute approximate surface area is 194 Å². The fourth-order valence-electron chi connectivity index (χ4n) is 3.89. The Hall–Kier alpha value is -3.24. The number of piperazine rings is 1. The van der Waals surface area contributed by atoms with Crippen LogP contribution in [-0.4, -0.2) is 61.0 Å². The highest BCUT2D eigenvalue weighted by atomic mass is 32.2. The maximum Gasteiger partial charge on any atom is 0.243 e. The van der Waals surface area contributed by atoms with Gasteiger partial charge in [-0.05, 0) is 61.7 Å². The van der Waals surface area contributed by atoms with Crippen LogP contribution in [0.5, 0.6) is 5.75 Å². The second-order valence-corrected chi connectivity index (χ2v) is 9.92. The molecule has 1 saturated heterocycles. The molecule has 4 rings (SSSR count). The molecule has 1 aliphatic heterocycles. The summed E-state index contributed by atoms with van der Waals surface area (Å²) in [5.74, 6) is 2.78. The van der Waals surface area contributed by atoms with Gasteiger partial charge in [0.2, 0.25) is 10.0 Å². The predicted octanol–water partition coefficient (Wildman–Crippen LogP) is 3.06. The highest BCUT2D eigenvalue weighted by Crippen LogP contribution is 2.29. The van der Waals surface area contributed by atoms with E-state index in [0.717, 1.165) is 16.9 Å². The number of ether oxygens (including phenoxy) is 1. The summed E-state index contributed by atoms with van der Waals surface area (Å²) >= 11 is 0. The van der Waals surface area contributed by atoms with Gasteiger partial charge < -0.3 is 15.0 Å². The molecular weight excluding hydrogens is 440 g/mol. The first-order valence-electron chi connectivity index (χ1n) is 10.7. The van der Waals surface area contributed by atoms with Crippen molar-refractivity contribution >= 4 is 27.5 Å². The molecule has 1 fully saturated rings. The van der Waals surface area contributed by atoms with Crippen molar-refractivity contribution in [3.05, 3.63) is 59.5 Å². The third-order valence-electron chi connectivity index (χ3n) is 5.91. The number of pyridine rings is 1. The summed E-state index contributed by atoms with van der Waals surface area (Å²) in [7, 11) is -2.02. The molecule has 33 heavy (non-hydrogen) atoms. The number of methoxy groups -OCH3 is 1. The summed E-state index contributed by atoms with van der Waals surface area (Å²) in [6.07, 6.45) is 3.24. The standard InChI is InChI=1S/C23H28N6O3S/c1-16-7-8-24-21(13-16)27-22-14-23(26-15-25-22)28-9-11-29(12-10-28)33(30,31)20-6-5-19(32-4)17(2)18(20)3/h5-8,13-15H,9-12H2,1-4H3,(H,24,25,26,27). The minimum Gasteiger partial charge on any atom is -0.496 e. The van der Waals surface area contributed by atoms with E-state index < -0.39 is 10.0 Å². The second-order valence-electron chi connectivity index (χ2n) is 8.01. The Bertz CT molecular complexity index is 1260. The zero-order valence-electron chi connectivity index (χ0n) is 19.2. The first-order valence-corrected chi connectivity index (χ1v) is 12.1. The molecule has 0 saturated carbocycles. The van der Waals surface area contributed by atoms with E-state index in [1.165, 1.54) is 10.6 Å². The van der Waals surface area contributed by atoms with Gasteiger partial charge in [-0.2, -0.15) is 4.31 Å². The maximum absolute atomic E-state index is 13.3. The van der Waals surface area contributed by atoms with Gasteiger partial charge in [0.25, 0.3) is 0 Å². The lowest BCUT2D eigenvalue weighted by atomic mass is 10.1. The van der Waals surface area contributed by atoms with Gasteiger partial charge in [0.15, 0.2) is 0 Å². The monoisotopic (exact) mass is 468 g/mol. The Morgan fingerprint density at radius 2 is 1.64 bits per heavy atom. The van der Waals surface area contributed by atoms with E-state index in [9.17, 15) is 8.42 Å². The number of benzene rings is 1. The lowest BCUT2D eigenvalue weighted by molar-refractivity contribution is 0.383. The maximum atomic E-state index is 13.3. The molecule has 0 radical (unpaired) electrons. The van der Waals surface area contributed by atoms with Crippen molar-refractivity contribution in [3.8, 4) is 5.75 Å². The smallest absolute Gasteiger partial charge is 0.243 e. The van der Waals surface area contributed by atoms with Gasteiger partial charge in [-0.1, -0.05) is 0 Å². The van der Waals surface area contributed by atoms with Crippen LogP contribution in [0.4, 0.5) is 17.5 Å². The van der Waals surface area contributed by atoms with E-state index in [2.05, 4.69) is 25.2 Å². The minimum absolute atomic E-state index is 0.327. The minimum atomic E-state index is -3.60. The number of hydrogen-bond donors (Lipinski definition) is 1. The summed E-state index contributed by atoms with van der Waals surface area (Å²) in [4.78, 5) is 15.4. The summed E-state index contributed by atoms with van der Waals surface area (Å²) in [5.41, 5.74) is 2.65. The van der Waals surface area contributed by atoms with Crippen molar-refractivity contribution in [2.24, 2.45) is 0 Å². The molecule has 10 heteroatoms. The van der Waals surface area contributed by atoms with Crippen molar-refractivity contribution in [3.63, 3.8) is 0 Å². The highest BCUT2D eigenvalue weighted by Gasteiger charge is 2.31. The van der Waals surface area contributed by atoms with Gasteiger partial charge in [-0.3, -0.25) is 0 Å². The Kier molecular flexibility index (Phi) is 6.48. The van der Waals surface area contributed by atoms with E-state index >= 15 is 0 Å². The van der Waals surface area contributed by atoms with E-state index in [1.54, 1.807) is 25.4 Å². The van der Waals surface area contributed by atoms with Crippen LogP contribution in [0.2, 0.25) is 0 Å². The predicted molar refractivity (Wildman–Crippen MR) is 128 cm³/mol. The summed E-state index contributed by atoms with van der Waals surface area (Å²) in [5, 5.41) is 3.19. The van der Waals surface area contributed by atoms with Gasteiger partial charge >= 0.3 is 0 Å². The molecule has 0 spiro atoms. The van der Waals surface area contributed by atoms with E-state index in [0.29, 0.717) is 54.0 Å². The third kappa shape index (κ3) is 4.76. The molecule has 2 aromatic heterocycles. The third-order valence-corrected chi connectivity index (χ3v) is 7.96. The first-order chi connectivity index (χ1) is 15.8. The first kappa shape index (κ1) is 22.9. The number of nitrogens with zero attached hydrogens (tertiary/aromatic N) is 5. The Balaban J connectivity index is 1.46. The highest BCUT2D eigenvalue weighted by molar-refractivity contribution is 7.89. The molecule has 0 atom stereocenters. The molecular formula is C23H28N6O3S. The number of nitrogens with one attached hydrogen (secondary N) is 1. The molecule has 1 N–H and O–H groups in total. The molecule has 3 heterocycles. The molecule has 0 unspecified atom stereocenters. The summed E-state index contributed by atoms with van der Waals surface area (Å²) in [6, 6.07) is 9.06. The SMILES string of the molecule is COc1ccc(S(=O)(=O)N2CCN(c3cc(Nc4cc(C)ccn4)ncn3)CC2)c(C)c1C. The molecule has 9 nitrogen and oxygen atoms in total. The molecule has 3 aromatic rings. The molecule has 0 bridgehead atoms. The van der Waals surface area contributed by atoms with E-state index in [-0.39, 0.29) is 0 Å². The lowest BCUT2D eigenvalue weighted by Gasteiger charge is -2.35. The molecule has 0 amide bonds. The molecule has 0 aliphatic carbocycles. The van der Waals surface area contributed by atoms with E-state index in [4.69, 9.17) is 4.74 Å². The van der Waals surface area contributed by atoms with Crippen LogP contribution in [0.1, 0.15) is 16.7 Å². The number of hydrogen-bond acceptors (Lipinski definition) is 8. The van der Waals surface area contributed by atoms with Crippen LogP contribution in [0.3, 0.4) is 0 Å². The van der Waals surface area contributed by atoms with Crippen molar-refractivity contribution in [1.82, 2.24) is 19.3 Å². The summed E-state index contributed by atoms with van der Waals surface area (Å²) in [6.45, 7) is 7.51. The molecule has 174 valence electrons. The lowest BCUT2D eigenvalue weighted by Crippen LogP contribution is -2.49. The Morgan fingerprint density at radius 1 is 0.909 bits per heavy atom. The van der Waals surface area contributed by atoms with Crippen LogP contribution in [0.15, 0.2) is 47.8 Å². The van der Waals surface area contributed by atoms with Gasteiger partial charge in [0, 0.05) is 38.4 Å². The van der Waals surface area contributed by atoms with Gasteiger partial charge in [-0.25, -0.2) is 23.4 Å². The average molecular weight is 469 g/mol.